The molecule has 0 radical (unpaired) electrons. The minimum Gasteiger partial charge on any atom is -0.366 e. The van der Waals surface area contributed by atoms with Crippen molar-refractivity contribution < 1.29 is 19.2 Å². The van der Waals surface area contributed by atoms with Gasteiger partial charge in [0, 0.05) is 17.7 Å². The van der Waals surface area contributed by atoms with Gasteiger partial charge in [0.2, 0.25) is 5.91 Å². The van der Waals surface area contributed by atoms with Crippen molar-refractivity contribution in [2.45, 2.75) is 40.2 Å². The number of nitrogens with two attached hydrogens (primary N) is 1. The van der Waals surface area contributed by atoms with Gasteiger partial charge in [-0.05, 0) is 36.5 Å². The highest BCUT2D eigenvalue weighted by molar-refractivity contribution is 5.98. The maximum Gasteiger partial charge on any atom is 0.274 e. The average Bonchev–Trinajstić information content (AvgIpc) is 2.55. The molecular formula is C18H27N3O4. The van der Waals surface area contributed by atoms with E-state index in [0.717, 1.165) is 0 Å². The topological polar surface area (TPSA) is 111 Å². The first-order chi connectivity index (χ1) is 11.7. The summed E-state index contributed by atoms with van der Waals surface area (Å²) in [5.41, 5.74) is 7.94. The van der Waals surface area contributed by atoms with Crippen molar-refractivity contribution in [3.05, 3.63) is 35.4 Å². The second-order valence-corrected chi connectivity index (χ2v) is 6.75. The average molecular weight is 349 g/mol. The Labute approximate surface area is 148 Å². The van der Waals surface area contributed by atoms with Crippen molar-refractivity contribution in [2.75, 3.05) is 6.54 Å². The van der Waals surface area contributed by atoms with Crippen LogP contribution in [0.25, 0.3) is 0 Å². The zero-order chi connectivity index (χ0) is 19.0. The van der Waals surface area contributed by atoms with Gasteiger partial charge in [-0.2, -0.15) is 0 Å². The van der Waals surface area contributed by atoms with Crippen LogP contribution in [0.2, 0.25) is 0 Å². The number of rotatable bonds is 9. The summed E-state index contributed by atoms with van der Waals surface area (Å²) < 4.78 is 0. The number of primary amides is 1. The van der Waals surface area contributed by atoms with Gasteiger partial charge in [0.25, 0.3) is 11.8 Å². The van der Waals surface area contributed by atoms with E-state index in [4.69, 9.17) is 10.6 Å². The molecule has 0 aromatic heterocycles. The first-order valence-electron chi connectivity index (χ1n) is 8.34. The molecule has 0 spiro atoms. The molecule has 1 atom stereocenters. The smallest absolute Gasteiger partial charge is 0.274 e. The molecule has 0 aliphatic rings. The SMILES string of the molecule is CC(C)CNC(=O)[C@@H](CC(C)C)ONC(=O)c1cccc(C(N)=O)c1. The molecule has 138 valence electrons. The maximum atomic E-state index is 12.2. The molecule has 0 bridgehead atoms. The molecule has 1 aromatic rings. The molecule has 3 amide bonds. The number of carbonyl (C=O) groups excluding carboxylic acids is 3. The van der Waals surface area contributed by atoms with Crippen molar-refractivity contribution in [1.29, 1.82) is 0 Å². The van der Waals surface area contributed by atoms with E-state index in [9.17, 15) is 14.4 Å². The standard InChI is InChI=1S/C18H27N3O4/c1-11(2)8-15(18(24)20-10-12(3)4)25-21-17(23)14-7-5-6-13(9-14)16(19)22/h5-7,9,11-12,15H,8,10H2,1-4H3,(H2,19,22)(H,20,24)(H,21,23)/t15-/m1/s1. The number of amides is 3. The molecule has 0 aliphatic carbocycles. The first-order valence-corrected chi connectivity index (χ1v) is 8.34. The number of hydroxylamine groups is 1. The van der Waals surface area contributed by atoms with Crippen molar-refractivity contribution in [1.82, 2.24) is 10.8 Å². The summed E-state index contributed by atoms with van der Waals surface area (Å²) in [5.74, 6) is -0.914. The Morgan fingerprint density at radius 3 is 2.28 bits per heavy atom. The molecule has 1 aromatic carbocycles. The molecule has 0 saturated heterocycles. The molecule has 0 aliphatic heterocycles. The molecule has 0 saturated carbocycles. The first kappa shape index (κ1) is 20.6. The van der Waals surface area contributed by atoms with Crippen LogP contribution in [0.5, 0.6) is 0 Å². The Bertz CT molecular complexity index is 614. The van der Waals surface area contributed by atoms with Crippen molar-refractivity contribution in [3.8, 4) is 0 Å². The lowest BCUT2D eigenvalue weighted by Gasteiger charge is -2.19. The number of carbonyl (C=O) groups is 3. The van der Waals surface area contributed by atoms with E-state index < -0.39 is 17.9 Å². The molecule has 0 unspecified atom stereocenters. The van der Waals surface area contributed by atoms with Gasteiger partial charge in [-0.3, -0.25) is 19.2 Å². The predicted octanol–water partition coefficient (Wildman–Crippen LogP) is 1.63. The van der Waals surface area contributed by atoms with E-state index in [2.05, 4.69) is 10.8 Å². The van der Waals surface area contributed by atoms with Crippen LogP contribution in [0, 0.1) is 11.8 Å². The largest absolute Gasteiger partial charge is 0.366 e. The van der Waals surface area contributed by atoms with Gasteiger partial charge in [0.05, 0.1) is 0 Å². The van der Waals surface area contributed by atoms with Gasteiger partial charge in [0.1, 0.15) is 0 Å². The quantitative estimate of drug-likeness (QED) is 0.588. The Morgan fingerprint density at radius 1 is 1.08 bits per heavy atom. The van der Waals surface area contributed by atoms with Gasteiger partial charge in [-0.15, -0.1) is 0 Å². The summed E-state index contributed by atoms with van der Waals surface area (Å²) in [4.78, 5) is 40.9. The number of hydrogen-bond acceptors (Lipinski definition) is 4. The fourth-order valence-electron chi connectivity index (χ4n) is 2.05. The third-order valence-electron chi connectivity index (χ3n) is 3.37. The van der Waals surface area contributed by atoms with E-state index in [-0.39, 0.29) is 23.0 Å². The molecule has 7 heteroatoms. The molecule has 25 heavy (non-hydrogen) atoms. The van der Waals surface area contributed by atoms with Gasteiger partial charge in [-0.25, -0.2) is 5.48 Å². The minimum absolute atomic E-state index is 0.213. The summed E-state index contributed by atoms with van der Waals surface area (Å²) in [7, 11) is 0. The Hall–Kier alpha value is -2.41. The highest BCUT2D eigenvalue weighted by Gasteiger charge is 2.22. The fourth-order valence-corrected chi connectivity index (χ4v) is 2.05. The van der Waals surface area contributed by atoms with Gasteiger partial charge < -0.3 is 11.1 Å². The van der Waals surface area contributed by atoms with Crippen molar-refractivity contribution in [3.63, 3.8) is 0 Å². The lowest BCUT2D eigenvalue weighted by molar-refractivity contribution is -0.137. The minimum atomic E-state index is -0.790. The summed E-state index contributed by atoms with van der Waals surface area (Å²) in [6, 6.07) is 5.97. The summed E-state index contributed by atoms with van der Waals surface area (Å²) >= 11 is 0. The Balaban J connectivity index is 2.71. The van der Waals surface area contributed by atoms with Gasteiger partial charge in [-0.1, -0.05) is 33.8 Å². The fraction of sp³-hybridized carbons (Fsp3) is 0.500. The monoisotopic (exact) mass is 349 g/mol. The highest BCUT2D eigenvalue weighted by Crippen LogP contribution is 2.09. The van der Waals surface area contributed by atoms with E-state index >= 15 is 0 Å². The van der Waals surface area contributed by atoms with Crippen molar-refractivity contribution in [2.24, 2.45) is 17.6 Å². The van der Waals surface area contributed by atoms with Crippen LogP contribution in [0.15, 0.2) is 24.3 Å². The van der Waals surface area contributed by atoms with Crippen LogP contribution in [0.1, 0.15) is 54.8 Å². The van der Waals surface area contributed by atoms with Crippen LogP contribution in [-0.2, 0) is 9.63 Å². The molecule has 7 nitrogen and oxygen atoms in total. The third-order valence-corrected chi connectivity index (χ3v) is 3.37. The lowest BCUT2D eigenvalue weighted by Crippen LogP contribution is -2.42. The Morgan fingerprint density at radius 2 is 1.72 bits per heavy atom. The number of nitrogens with one attached hydrogen (secondary N) is 2. The Kier molecular flexibility index (Phi) is 8.07. The normalized spacial score (nSPS) is 12.1. The second kappa shape index (κ2) is 9.78. The van der Waals surface area contributed by atoms with Crippen LogP contribution in [-0.4, -0.2) is 30.4 Å². The highest BCUT2D eigenvalue weighted by atomic mass is 16.7. The number of hydrogen-bond donors (Lipinski definition) is 3. The van der Waals surface area contributed by atoms with E-state index in [1.807, 2.05) is 27.7 Å². The third kappa shape index (κ3) is 7.34. The maximum absolute atomic E-state index is 12.2. The van der Waals surface area contributed by atoms with Gasteiger partial charge in [0.15, 0.2) is 6.10 Å². The van der Waals surface area contributed by atoms with E-state index in [1.165, 1.54) is 18.2 Å². The summed E-state index contributed by atoms with van der Waals surface area (Å²) in [5, 5.41) is 2.80. The van der Waals surface area contributed by atoms with Crippen molar-refractivity contribution >= 4 is 17.7 Å². The molecular weight excluding hydrogens is 322 g/mol. The van der Waals surface area contributed by atoms with Crippen LogP contribution in [0.3, 0.4) is 0 Å². The van der Waals surface area contributed by atoms with Gasteiger partial charge >= 0.3 is 0 Å². The molecule has 0 fully saturated rings. The summed E-state index contributed by atoms with van der Waals surface area (Å²) in [6.07, 6.45) is -0.326. The summed E-state index contributed by atoms with van der Waals surface area (Å²) in [6.45, 7) is 8.44. The van der Waals surface area contributed by atoms with E-state index in [1.54, 1.807) is 6.07 Å². The lowest BCUT2D eigenvalue weighted by atomic mass is 10.1. The zero-order valence-electron chi connectivity index (χ0n) is 15.2. The molecule has 1 rings (SSSR count). The van der Waals surface area contributed by atoms with Crippen LogP contribution in [0.4, 0.5) is 0 Å². The van der Waals surface area contributed by atoms with E-state index in [0.29, 0.717) is 18.9 Å². The van der Waals surface area contributed by atoms with Crippen LogP contribution >= 0.6 is 0 Å². The number of benzene rings is 1. The zero-order valence-corrected chi connectivity index (χ0v) is 15.2. The second-order valence-electron chi connectivity index (χ2n) is 6.75. The van der Waals surface area contributed by atoms with Crippen LogP contribution < -0.4 is 16.5 Å². The predicted molar refractivity (Wildman–Crippen MR) is 94.6 cm³/mol. The molecule has 4 N–H and O–H groups in total. The molecule has 0 heterocycles.